The molecule has 1 aromatic heterocycles. The van der Waals surface area contributed by atoms with Gasteiger partial charge in [0.25, 0.3) is 0 Å². The van der Waals surface area contributed by atoms with Gasteiger partial charge < -0.3 is 10.3 Å². The summed E-state index contributed by atoms with van der Waals surface area (Å²) in [5, 5.41) is 4.57. The summed E-state index contributed by atoms with van der Waals surface area (Å²) in [6, 6.07) is 0. The number of thioether (sulfide) groups is 1. The SMILES string of the molecule is NC1(c2nc(C3CCCCS3)no2)CCCC1. The van der Waals surface area contributed by atoms with Crippen LogP contribution in [0.5, 0.6) is 0 Å². The molecule has 0 bridgehead atoms. The van der Waals surface area contributed by atoms with Gasteiger partial charge in [0, 0.05) is 0 Å². The van der Waals surface area contributed by atoms with Crippen LogP contribution >= 0.6 is 11.8 Å². The third-order valence-corrected chi connectivity index (χ3v) is 5.20. The molecule has 5 heteroatoms. The molecule has 1 saturated heterocycles. The van der Waals surface area contributed by atoms with Crippen LogP contribution in [-0.2, 0) is 5.54 Å². The summed E-state index contributed by atoms with van der Waals surface area (Å²) in [5.41, 5.74) is 5.98. The maximum atomic E-state index is 6.32. The first-order chi connectivity index (χ1) is 8.28. The summed E-state index contributed by atoms with van der Waals surface area (Å²) in [4.78, 5) is 4.56. The van der Waals surface area contributed by atoms with E-state index in [1.165, 1.54) is 37.9 Å². The third-order valence-electron chi connectivity index (χ3n) is 3.83. The molecular weight excluding hydrogens is 234 g/mol. The highest BCUT2D eigenvalue weighted by Gasteiger charge is 2.37. The van der Waals surface area contributed by atoms with Crippen molar-refractivity contribution in [3.05, 3.63) is 11.7 Å². The Bertz CT molecular complexity index is 381. The van der Waals surface area contributed by atoms with Crippen LogP contribution in [0.15, 0.2) is 4.52 Å². The highest BCUT2D eigenvalue weighted by molar-refractivity contribution is 7.99. The molecule has 2 N–H and O–H groups in total. The lowest BCUT2D eigenvalue weighted by molar-refractivity contribution is 0.283. The van der Waals surface area contributed by atoms with Crippen molar-refractivity contribution in [1.82, 2.24) is 10.1 Å². The van der Waals surface area contributed by atoms with Crippen LogP contribution < -0.4 is 5.73 Å². The number of hydrogen-bond acceptors (Lipinski definition) is 5. The molecule has 2 heterocycles. The quantitative estimate of drug-likeness (QED) is 0.878. The van der Waals surface area contributed by atoms with E-state index in [9.17, 15) is 0 Å². The minimum absolute atomic E-state index is 0.343. The van der Waals surface area contributed by atoms with E-state index in [2.05, 4.69) is 10.1 Å². The van der Waals surface area contributed by atoms with Crippen molar-refractivity contribution in [3.8, 4) is 0 Å². The average Bonchev–Trinajstić information content (AvgIpc) is 2.99. The number of rotatable bonds is 2. The average molecular weight is 253 g/mol. The minimum Gasteiger partial charge on any atom is -0.337 e. The fourth-order valence-corrected chi connectivity index (χ4v) is 3.97. The second-order valence-corrected chi connectivity index (χ2v) is 6.49. The lowest BCUT2D eigenvalue weighted by Gasteiger charge is -2.18. The van der Waals surface area contributed by atoms with Crippen LogP contribution in [0.2, 0.25) is 0 Å². The lowest BCUT2D eigenvalue weighted by atomic mass is 9.99. The minimum atomic E-state index is -0.343. The molecule has 2 aliphatic rings. The smallest absolute Gasteiger partial charge is 0.246 e. The Balaban J connectivity index is 1.77. The largest absolute Gasteiger partial charge is 0.337 e. The maximum absolute atomic E-state index is 6.32. The van der Waals surface area contributed by atoms with Gasteiger partial charge in [-0.15, -0.1) is 0 Å². The van der Waals surface area contributed by atoms with Gasteiger partial charge in [0.05, 0.1) is 10.8 Å². The molecule has 1 saturated carbocycles. The van der Waals surface area contributed by atoms with Crippen LogP contribution in [0.4, 0.5) is 0 Å². The van der Waals surface area contributed by atoms with Crippen LogP contribution in [0.1, 0.15) is 61.9 Å². The molecule has 1 aliphatic heterocycles. The van der Waals surface area contributed by atoms with Crippen molar-refractivity contribution in [2.75, 3.05) is 5.75 Å². The van der Waals surface area contributed by atoms with E-state index < -0.39 is 0 Å². The zero-order chi connectivity index (χ0) is 11.7. The Morgan fingerprint density at radius 1 is 1.24 bits per heavy atom. The van der Waals surface area contributed by atoms with Crippen molar-refractivity contribution in [2.45, 2.75) is 55.7 Å². The Morgan fingerprint density at radius 3 is 2.76 bits per heavy atom. The van der Waals surface area contributed by atoms with E-state index in [-0.39, 0.29) is 5.54 Å². The summed E-state index contributed by atoms with van der Waals surface area (Å²) in [6.45, 7) is 0. The van der Waals surface area contributed by atoms with Crippen LogP contribution in [0.3, 0.4) is 0 Å². The van der Waals surface area contributed by atoms with Gasteiger partial charge in [0.2, 0.25) is 5.89 Å². The van der Waals surface area contributed by atoms with Gasteiger partial charge in [-0.2, -0.15) is 16.7 Å². The highest BCUT2D eigenvalue weighted by Crippen LogP contribution is 2.39. The van der Waals surface area contributed by atoms with E-state index >= 15 is 0 Å². The molecule has 3 rings (SSSR count). The summed E-state index contributed by atoms with van der Waals surface area (Å²) in [6.07, 6.45) is 8.06. The zero-order valence-electron chi connectivity index (χ0n) is 10.0. The molecule has 1 aliphatic carbocycles. The first-order valence-electron chi connectivity index (χ1n) is 6.52. The predicted molar refractivity (Wildman–Crippen MR) is 67.7 cm³/mol. The molecule has 0 radical (unpaired) electrons. The van der Waals surface area contributed by atoms with Crippen LogP contribution in [0, 0.1) is 0 Å². The number of aromatic nitrogens is 2. The normalized spacial score (nSPS) is 28.4. The van der Waals surface area contributed by atoms with Crippen LogP contribution in [-0.4, -0.2) is 15.9 Å². The summed E-state index contributed by atoms with van der Waals surface area (Å²) < 4.78 is 5.41. The Hall–Kier alpha value is -0.550. The fraction of sp³-hybridized carbons (Fsp3) is 0.833. The molecule has 94 valence electrons. The molecule has 0 amide bonds. The molecular formula is C12H19N3OS. The second-order valence-electron chi connectivity index (χ2n) is 5.18. The van der Waals surface area contributed by atoms with Gasteiger partial charge in [-0.3, -0.25) is 0 Å². The second kappa shape index (κ2) is 4.61. The summed E-state index contributed by atoms with van der Waals surface area (Å²) in [5.74, 6) is 2.74. The number of nitrogens with two attached hydrogens (primary N) is 1. The zero-order valence-corrected chi connectivity index (χ0v) is 10.8. The molecule has 2 fully saturated rings. The monoisotopic (exact) mass is 253 g/mol. The first kappa shape index (κ1) is 11.5. The molecule has 1 atom stereocenters. The van der Waals surface area contributed by atoms with Crippen molar-refractivity contribution in [2.24, 2.45) is 5.73 Å². The molecule has 1 aromatic rings. The number of nitrogens with zero attached hydrogens (tertiary/aromatic N) is 2. The van der Waals surface area contributed by atoms with E-state index in [4.69, 9.17) is 10.3 Å². The standard InChI is InChI=1S/C12H19N3OS/c13-12(6-2-3-7-12)11-14-10(15-16-11)9-5-1-4-8-17-9/h9H,1-8,13H2. The Morgan fingerprint density at radius 2 is 2.06 bits per heavy atom. The molecule has 0 aromatic carbocycles. The third kappa shape index (κ3) is 2.22. The van der Waals surface area contributed by atoms with Gasteiger partial charge in [-0.25, -0.2) is 0 Å². The van der Waals surface area contributed by atoms with Crippen LogP contribution in [0.25, 0.3) is 0 Å². The van der Waals surface area contributed by atoms with E-state index in [1.54, 1.807) is 0 Å². The van der Waals surface area contributed by atoms with Crippen molar-refractivity contribution >= 4 is 11.8 Å². The lowest BCUT2D eigenvalue weighted by Crippen LogP contribution is -2.33. The van der Waals surface area contributed by atoms with Gasteiger partial charge in [-0.05, 0) is 31.4 Å². The predicted octanol–water partition coefficient (Wildman–Crippen LogP) is 2.76. The van der Waals surface area contributed by atoms with Gasteiger partial charge in [0.15, 0.2) is 5.82 Å². The summed E-state index contributed by atoms with van der Waals surface area (Å²) >= 11 is 1.95. The Labute approximate surface area is 106 Å². The van der Waals surface area contributed by atoms with E-state index in [1.807, 2.05) is 11.8 Å². The highest BCUT2D eigenvalue weighted by atomic mass is 32.2. The van der Waals surface area contributed by atoms with Crippen molar-refractivity contribution < 1.29 is 4.52 Å². The summed E-state index contributed by atoms with van der Waals surface area (Å²) in [7, 11) is 0. The Kier molecular flexibility index (Phi) is 3.13. The fourth-order valence-electron chi connectivity index (χ4n) is 2.73. The molecule has 4 nitrogen and oxygen atoms in total. The first-order valence-corrected chi connectivity index (χ1v) is 7.57. The topological polar surface area (TPSA) is 64.9 Å². The molecule has 17 heavy (non-hydrogen) atoms. The van der Waals surface area contributed by atoms with Crippen molar-refractivity contribution in [1.29, 1.82) is 0 Å². The maximum Gasteiger partial charge on any atom is 0.246 e. The van der Waals surface area contributed by atoms with Crippen molar-refractivity contribution in [3.63, 3.8) is 0 Å². The molecule has 0 spiro atoms. The van der Waals surface area contributed by atoms with E-state index in [0.717, 1.165) is 18.7 Å². The molecule has 1 unspecified atom stereocenters. The van der Waals surface area contributed by atoms with Gasteiger partial charge in [0.1, 0.15) is 0 Å². The van der Waals surface area contributed by atoms with Gasteiger partial charge in [-0.1, -0.05) is 24.4 Å². The number of hydrogen-bond donors (Lipinski definition) is 1. The van der Waals surface area contributed by atoms with E-state index in [0.29, 0.717) is 11.1 Å². The van der Waals surface area contributed by atoms with Gasteiger partial charge >= 0.3 is 0 Å².